The summed E-state index contributed by atoms with van der Waals surface area (Å²) < 4.78 is 0. The molecule has 2 rings (SSSR count). The zero-order valence-electron chi connectivity index (χ0n) is 11.1. The van der Waals surface area contributed by atoms with Gasteiger partial charge >= 0.3 is 0 Å². The summed E-state index contributed by atoms with van der Waals surface area (Å²) in [5.41, 5.74) is 8.38. The molecule has 0 heterocycles. The van der Waals surface area contributed by atoms with Gasteiger partial charge in [0.15, 0.2) is 5.17 Å². The third kappa shape index (κ3) is 5.27. The van der Waals surface area contributed by atoms with Crippen molar-refractivity contribution in [3.05, 3.63) is 70.7 Å². The maximum absolute atomic E-state index is 5.90. The Kier molecular flexibility index (Phi) is 5.96. The summed E-state index contributed by atoms with van der Waals surface area (Å²) in [4.78, 5) is 4.38. The zero-order valence-corrected chi connectivity index (χ0v) is 12.7. The van der Waals surface area contributed by atoms with Crippen LogP contribution in [0.25, 0.3) is 0 Å². The Hall–Kier alpha value is -1.45. The van der Waals surface area contributed by atoms with Crippen LogP contribution < -0.4 is 5.73 Å². The summed E-state index contributed by atoms with van der Waals surface area (Å²) in [6.07, 6.45) is 0.920. The molecule has 0 aliphatic heterocycles. The summed E-state index contributed by atoms with van der Waals surface area (Å²) in [7, 11) is 0. The van der Waals surface area contributed by atoms with Crippen LogP contribution >= 0.6 is 23.4 Å². The zero-order chi connectivity index (χ0) is 14.2. The molecule has 0 spiro atoms. The van der Waals surface area contributed by atoms with Crippen LogP contribution in [0.2, 0.25) is 5.02 Å². The summed E-state index contributed by atoms with van der Waals surface area (Å²) in [5, 5.41) is 1.39. The second kappa shape index (κ2) is 7.98. The molecule has 0 unspecified atom stereocenters. The van der Waals surface area contributed by atoms with Crippen molar-refractivity contribution in [3.8, 4) is 0 Å². The lowest BCUT2D eigenvalue weighted by molar-refractivity contribution is 0.970. The van der Waals surface area contributed by atoms with E-state index in [0.29, 0.717) is 5.17 Å². The number of hydrogen-bond donors (Lipinski definition) is 1. The van der Waals surface area contributed by atoms with Gasteiger partial charge in [0.1, 0.15) is 0 Å². The summed E-state index contributed by atoms with van der Waals surface area (Å²) >= 11 is 7.40. The Morgan fingerprint density at radius 2 is 1.70 bits per heavy atom. The van der Waals surface area contributed by atoms with E-state index in [2.05, 4.69) is 17.1 Å². The molecule has 0 saturated heterocycles. The van der Waals surface area contributed by atoms with Crippen molar-refractivity contribution in [3.63, 3.8) is 0 Å². The van der Waals surface area contributed by atoms with Gasteiger partial charge in [-0.2, -0.15) is 0 Å². The molecule has 0 aliphatic carbocycles. The number of halogens is 1. The Balaban J connectivity index is 1.75. The van der Waals surface area contributed by atoms with E-state index >= 15 is 0 Å². The quantitative estimate of drug-likeness (QED) is 0.666. The standard InChI is InChI=1S/C16H17ClN2S/c17-15-8-6-14(7-9-15)12-20-16(18)19-11-10-13-4-2-1-3-5-13/h1-9H,10-12H2,(H2,18,19). The predicted octanol–water partition coefficient (Wildman–Crippen LogP) is 4.13. The number of nitrogens with two attached hydrogens (primary N) is 1. The van der Waals surface area contributed by atoms with E-state index in [1.807, 2.05) is 42.5 Å². The first-order valence-electron chi connectivity index (χ1n) is 6.45. The molecular weight excluding hydrogens is 288 g/mol. The van der Waals surface area contributed by atoms with Crippen molar-refractivity contribution < 1.29 is 0 Å². The van der Waals surface area contributed by atoms with Crippen molar-refractivity contribution in [1.82, 2.24) is 0 Å². The first-order valence-corrected chi connectivity index (χ1v) is 7.81. The van der Waals surface area contributed by atoms with Gasteiger partial charge in [-0.15, -0.1) is 0 Å². The van der Waals surface area contributed by atoms with Gasteiger partial charge in [-0.05, 0) is 29.7 Å². The summed E-state index contributed by atoms with van der Waals surface area (Å²) in [6.45, 7) is 0.726. The van der Waals surface area contributed by atoms with Crippen LogP contribution in [-0.2, 0) is 12.2 Å². The minimum atomic E-state index is 0.635. The van der Waals surface area contributed by atoms with Crippen LogP contribution in [0.1, 0.15) is 11.1 Å². The maximum Gasteiger partial charge on any atom is 0.154 e. The molecule has 0 atom stereocenters. The van der Waals surface area contributed by atoms with Crippen molar-refractivity contribution in [2.24, 2.45) is 10.7 Å². The lowest BCUT2D eigenvalue weighted by atomic mass is 10.2. The van der Waals surface area contributed by atoms with Gasteiger partial charge in [-0.1, -0.05) is 65.8 Å². The van der Waals surface area contributed by atoms with E-state index < -0.39 is 0 Å². The van der Waals surface area contributed by atoms with Gasteiger partial charge in [0.25, 0.3) is 0 Å². The topological polar surface area (TPSA) is 38.4 Å². The minimum Gasteiger partial charge on any atom is -0.379 e. The second-order valence-electron chi connectivity index (χ2n) is 4.37. The molecule has 0 fully saturated rings. The average molecular weight is 305 g/mol. The van der Waals surface area contributed by atoms with E-state index in [1.165, 1.54) is 11.1 Å². The molecule has 2 N–H and O–H groups in total. The molecule has 0 bridgehead atoms. The number of nitrogens with zero attached hydrogens (tertiary/aromatic N) is 1. The van der Waals surface area contributed by atoms with Crippen molar-refractivity contribution in [2.45, 2.75) is 12.2 Å². The Labute approximate surface area is 129 Å². The van der Waals surface area contributed by atoms with Crippen LogP contribution in [0.4, 0.5) is 0 Å². The molecular formula is C16H17ClN2S. The molecule has 4 heteroatoms. The molecule has 0 saturated carbocycles. The number of aliphatic imine (C=N–C) groups is 1. The van der Waals surface area contributed by atoms with Gasteiger partial charge < -0.3 is 5.73 Å². The number of thioether (sulfide) groups is 1. The van der Waals surface area contributed by atoms with Crippen LogP contribution in [-0.4, -0.2) is 11.7 Å². The fraction of sp³-hybridized carbons (Fsp3) is 0.188. The normalized spacial score (nSPS) is 11.6. The SMILES string of the molecule is NC(=NCCc1ccccc1)SCc1ccc(Cl)cc1. The maximum atomic E-state index is 5.90. The average Bonchev–Trinajstić information content (AvgIpc) is 2.48. The molecule has 0 amide bonds. The van der Waals surface area contributed by atoms with Gasteiger partial charge in [0, 0.05) is 17.3 Å². The van der Waals surface area contributed by atoms with E-state index in [9.17, 15) is 0 Å². The van der Waals surface area contributed by atoms with Crippen LogP contribution in [0.3, 0.4) is 0 Å². The fourth-order valence-corrected chi connectivity index (χ4v) is 2.54. The molecule has 104 valence electrons. The molecule has 20 heavy (non-hydrogen) atoms. The van der Waals surface area contributed by atoms with E-state index in [-0.39, 0.29) is 0 Å². The van der Waals surface area contributed by atoms with Gasteiger partial charge in [-0.25, -0.2) is 0 Å². The van der Waals surface area contributed by atoms with Gasteiger partial charge in [0.2, 0.25) is 0 Å². The largest absolute Gasteiger partial charge is 0.379 e. The molecule has 0 radical (unpaired) electrons. The van der Waals surface area contributed by atoms with Crippen molar-refractivity contribution in [1.29, 1.82) is 0 Å². The van der Waals surface area contributed by atoms with E-state index in [4.69, 9.17) is 17.3 Å². The van der Waals surface area contributed by atoms with E-state index in [1.54, 1.807) is 11.8 Å². The smallest absolute Gasteiger partial charge is 0.154 e. The molecule has 2 aromatic rings. The number of rotatable bonds is 5. The predicted molar refractivity (Wildman–Crippen MR) is 89.4 cm³/mol. The van der Waals surface area contributed by atoms with Crippen molar-refractivity contribution in [2.75, 3.05) is 6.54 Å². The van der Waals surface area contributed by atoms with Crippen LogP contribution in [0.5, 0.6) is 0 Å². The second-order valence-corrected chi connectivity index (χ2v) is 5.80. The third-order valence-electron chi connectivity index (χ3n) is 2.81. The lowest BCUT2D eigenvalue weighted by Gasteiger charge is -2.02. The highest BCUT2D eigenvalue weighted by Crippen LogP contribution is 2.15. The molecule has 0 aromatic heterocycles. The fourth-order valence-electron chi connectivity index (χ4n) is 1.72. The minimum absolute atomic E-state index is 0.635. The first-order chi connectivity index (χ1) is 9.74. The first kappa shape index (κ1) is 14.9. The van der Waals surface area contributed by atoms with Crippen LogP contribution in [0, 0.1) is 0 Å². The van der Waals surface area contributed by atoms with Gasteiger partial charge in [-0.3, -0.25) is 4.99 Å². The van der Waals surface area contributed by atoms with Crippen LogP contribution in [0.15, 0.2) is 59.6 Å². The monoisotopic (exact) mass is 304 g/mol. The molecule has 0 aliphatic rings. The lowest BCUT2D eigenvalue weighted by Crippen LogP contribution is -2.08. The van der Waals surface area contributed by atoms with Gasteiger partial charge in [0.05, 0.1) is 0 Å². The Morgan fingerprint density at radius 1 is 1.00 bits per heavy atom. The van der Waals surface area contributed by atoms with E-state index in [0.717, 1.165) is 23.7 Å². The third-order valence-corrected chi connectivity index (χ3v) is 3.97. The molecule has 2 nitrogen and oxygen atoms in total. The highest BCUT2D eigenvalue weighted by Gasteiger charge is 1.97. The number of benzene rings is 2. The van der Waals surface area contributed by atoms with Crippen molar-refractivity contribution >= 4 is 28.5 Å². The highest BCUT2D eigenvalue weighted by molar-refractivity contribution is 8.13. The summed E-state index contributed by atoms with van der Waals surface area (Å²) in [6, 6.07) is 18.1. The number of amidine groups is 1. The Morgan fingerprint density at radius 3 is 2.40 bits per heavy atom. The highest BCUT2D eigenvalue weighted by atomic mass is 35.5. The summed E-state index contributed by atoms with van der Waals surface area (Å²) in [5.74, 6) is 0.817. The number of hydrogen-bond acceptors (Lipinski definition) is 2. The molecule has 2 aromatic carbocycles. The Bertz CT molecular complexity index is 552.